The SMILES string of the molecule is CCC(CC)CNC(=O)NC(COC)C(=O)O. The van der Waals surface area contributed by atoms with E-state index in [9.17, 15) is 9.59 Å². The Labute approximate surface area is 102 Å². The molecule has 0 spiro atoms. The molecule has 0 rings (SSSR count). The molecule has 1 unspecified atom stereocenters. The smallest absolute Gasteiger partial charge is 0.328 e. The highest BCUT2D eigenvalue weighted by Gasteiger charge is 2.19. The Balaban J connectivity index is 4.01. The van der Waals surface area contributed by atoms with Crippen molar-refractivity contribution in [3.05, 3.63) is 0 Å². The molecule has 0 aromatic carbocycles. The fourth-order valence-electron chi connectivity index (χ4n) is 1.37. The van der Waals surface area contributed by atoms with Crippen LogP contribution in [0.4, 0.5) is 4.79 Å². The Morgan fingerprint density at radius 2 is 1.88 bits per heavy atom. The zero-order valence-corrected chi connectivity index (χ0v) is 10.7. The van der Waals surface area contributed by atoms with E-state index in [2.05, 4.69) is 24.5 Å². The molecule has 0 aliphatic rings. The zero-order chi connectivity index (χ0) is 13.3. The van der Waals surface area contributed by atoms with Crippen molar-refractivity contribution < 1.29 is 19.4 Å². The molecule has 1 atom stereocenters. The topological polar surface area (TPSA) is 87.7 Å². The number of carboxylic acids is 1. The van der Waals surface area contributed by atoms with Crippen molar-refractivity contribution in [1.82, 2.24) is 10.6 Å². The van der Waals surface area contributed by atoms with Crippen LogP contribution >= 0.6 is 0 Å². The first-order valence-electron chi connectivity index (χ1n) is 5.81. The third-order valence-electron chi connectivity index (χ3n) is 2.64. The molecule has 0 saturated heterocycles. The number of nitrogens with one attached hydrogen (secondary N) is 2. The number of methoxy groups -OCH3 is 1. The van der Waals surface area contributed by atoms with Crippen LogP contribution in [0.5, 0.6) is 0 Å². The van der Waals surface area contributed by atoms with Crippen LogP contribution in [-0.4, -0.2) is 43.4 Å². The number of carboxylic acid groups (broad SMARTS) is 1. The minimum absolute atomic E-state index is 0.0479. The molecule has 0 aliphatic heterocycles. The van der Waals surface area contributed by atoms with Crippen LogP contribution in [0.1, 0.15) is 26.7 Å². The first-order chi connectivity index (χ1) is 8.04. The molecule has 0 aliphatic carbocycles. The number of carbonyl (C=O) groups excluding carboxylic acids is 1. The number of amides is 2. The summed E-state index contributed by atoms with van der Waals surface area (Å²) >= 11 is 0. The maximum absolute atomic E-state index is 11.4. The lowest BCUT2D eigenvalue weighted by Crippen LogP contribution is -2.49. The number of aliphatic carboxylic acids is 1. The van der Waals surface area contributed by atoms with E-state index in [-0.39, 0.29) is 6.61 Å². The third kappa shape index (κ3) is 6.78. The third-order valence-corrected chi connectivity index (χ3v) is 2.64. The molecular weight excluding hydrogens is 224 g/mol. The number of hydrogen-bond donors (Lipinski definition) is 3. The predicted molar refractivity (Wildman–Crippen MR) is 63.9 cm³/mol. The van der Waals surface area contributed by atoms with Crippen molar-refractivity contribution in [2.45, 2.75) is 32.7 Å². The first kappa shape index (κ1) is 15.7. The van der Waals surface area contributed by atoms with Gasteiger partial charge in [0, 0.05) is 13.7 Å². The van der Waals surface area contributed by atoms with E-state index in [4.69, 9.17) is 9.84 Å². The lowest BCUT2D eigenvalue weighted by molar-refractivity contribution is -0.140. The summed E-state index contributed by atoms with van der Waals surface area (Å²) in [5, 5.41) is 13.8. The maximum Gasteiger partial charge on any atom is 0.328 e. The van der Waals surface area contributed by atoms with Crippen LogP contribution in [-0.2, 0) is 9.53 Å². The number of carbonyl (C=O) groups is 2. The van der Waals surface area contributed by atoms with Crippen LogP contribution in [0, 0.1) is 5.92 Å². The molecule has 100 valence electrons. The standard InChI is InChI=1S/C11H22N2O4/c1-4-8(5-2)6-12-11(16)13-9(7-17-3)10(14)15/h8-9H,4-7H2,1-3H3,(H,14,15)(H2,12,13,16). The monoisotopic (exact) mass is 246 g/mol. The minimum atomic E-state index is -1.11. The largest absolute Gasteiger partial charge is 0.480 e. The van der Waals surface area contributed by atoms with Crippen molar-refractivity contribution in [3.63, 3.8) is 0 Å². The molecule has 0 bridgehead atoms. The summed E-state index contributed by atoms with van der Waals surface area (Å²) in [6.45, 7) is 4.61. The van der Waals surface area contributed by atoms with E-state index < -0.39 is 18.0 Å². The van der Waals surface area contributed by atoms with Gasteiger partial charge in [0.05, 0.1) is 6.61 Å². The van der Waals surface area contributed by atoms with Gasteiger partial charge in [0.25, 0.3) is 0 Å². The van der Waals surface area contributed by atoms with Crippen LogP contribution < -0.4 is 10.6 Å². The van der Waals surface area contributed by atoms with Crippen LogP contribution in [0.25, 0.3) is 0 Å². The van der Waals surface area contributed by atoms with Gasteiger partial charge in [-0.2, -0.15) is 0 Å². The Bertz CT molecular complexity index is 242. The predicted octanol–water partition coefficient (Wildman–Crippen LogP) is 0.821. The van der Waals surface area contributed by atoms with E-state index >= 15 is 0 Å². The molecule has 0 aromatic heterocycles. The van der Waals surface area contributed by atoms with E-state index in [0.717, 1.165) is 12.8 Å². The van der Waals surface area contributed by atoms with Gasteiger partial charge in [-0.1, -0.05) is 26.7 Å². The summed E-state index contributed by atoms with van der Waals surface area (Å²) in [5.74, 6) is -0.684. The summed E-state index contributed by atoms with van der Waals surface area (Å²) in [6.07, 6.45) is 1.97. The Morgan fingerprint density at radius 3 is 2.29 bits per heavy atom. The van der Waals surface area contributed by atoms with Gasteiger partial charge in [0.15, 0.2) is 6.04 Å². The van der Waals surface area contributed by atoms with Gasteiger partial charge in [-0.15, -0.1) is 0 Å². The van der Waals surface area contributed by atoms with Gasteiger partial charge >= 0.3 is 12.0 Å². The van der Waals surface area contributed by atoms with Crippen molar-refractivity contribution in [2.75, 3.05) is 20.3 Å². The highest BCUT2D eigenvalue weighted by molar-refractivity contribution is 5.82. The Morgan fingerprint density at radius 1 is 1.29 bits per heavy atom. The van der Waals surface area contributed by atoms with Gasteiger partial charge < -0.3 is 20.5 Å². The van der Waals surface area contributed by atoms with E-state index in [1.54, 1.807) is 0 Å². The molecule has 17 heavy (non-hydrogen) atoms. The molecule has 6 nitrogen and oxygen atoms in total. The van der Waals surface area contributed by atoms with Gasteiger partial charge in [-0.05, 0) is 5.92 Å². The zero-order valence-electron chi connectivity index (χ0n) is 10.7. The molecule has 3 N–H and O–H groups in total. The first-order valence-corrected chi connectivity index (χ1v) is 5.81. The van der Waals surface area contributed by atoms with Crippen LogP contribution in [0.2, 0.25) is 0 Å². The van der Waals surface area contributed by atoms with Gasteiger partial charge in [-0.25, -0.2) is 9.59 Å². The van der Waals surface area contributed by atoms with E-state index in [0.29, 0.717) is 12.5 Å². The second kappa shape index (κ2) is 8.81. The van der Waals surface area contributed by atoms with Gasteiger partial charge in [0.1, 0.15) is 0 Å². The van der Waals surface area contributed by atoms with Crippen molar-refractivity contribution >= 4 is 12.0 Å². The molecule has 6 heteroatoms. The van der Waals surface area contributed by atoms with Crippen molar-refractivity contribution in [2.24, 2.45) is 5.92 Å². The summed E-state index contributed by atoms with van der Waals surface area (Å²) in [7, 11) is 1.39. The molecule has 0 radical (unpaired) electrons. The normalized spacial score (nSPS) is 12.2. The maximum atomic E-state index is 11.4. The van der Waals surface area contributed by atoms with Crippen LogP contribution in [0.3, 0.4) is 0 Å². The summed E-state index contributed by atoms with van der Waals surface area (Å²) in [5.41, 5.74) is 0. The molecule has 0 saturated carbocycles. The number of urea groups is 1. The van der Waals surface area contributed by atoms with Crippen molar-refractivity contribution in [3.8, 4) is 0 Å². The summed E-state index contributed by atoms with van der Waals surface area (Å²) in [4.78, 5) is 22.2. The fraction of sp³-hybridized carbons (Fsp3) is 0.818. The van der Waals surface area contributed by atoms with E-state index in [1.807, 2.05) is 0 Å². The van der Waals surface area contributed by atoms with Gasteiger partial charge in [-0.3, -0.25) is 0 Å². The lowest BCUT2D eigenvalue weighted by Gasteiger charge is -2.17. The Kier molecular flexibility index (Phi) is 8.13. The summed E-state index contributed by atoms with van der Waals surface area (Å²) < 4.78 is 4.71. The van der Waals surface area contributed by atoms with E-state index in [1.165, 1.54) is 7.11 Å². The molecule has 0 fully saturated rings. The highest BCUT2D eigenvalue weighted by Crippen LogP contribution is 2.04. The second-order valence-electron chi connectivity index (χ2n) is 3.88. The summed E-state index contributed by atoms with van der Waals surface area (Å²) in [6, 6.07) is -1.48. The van der Waals surface area contributed by atoms with Crippen molar-refractivity contribution in [1.29, 1.82) is 0 Å². The molecule has 0 aromatic rings. The number of rotatable bonds is 8. The molecule has 0 heterocycles. The number of hydrogen-bond acceptors (Lipinski definition) is 3. The highest BCUT2D eigenvalue weighted by atomic mass is 16.5. The molecular formula is C11H22N2O4. The fourth-order valence-corrected chi connectivity index (χ4v) is 1.37. The number of ether oxygens (including phenoxy) is 1. The lowest BCUT2D eigenvalue weighted by atomic mass is 10.0. The van der Waals surface area contributed by atoms with Gasteiger partial charge in [0.2, 0.25) is 0 Å². The quantitative estimate of drug-likeness (QED) is 0.591. The minimum Gasteiger partial charge on any atom is -0.480 e. The van der Waals surface area contributed by atoms with Crippen LogP contribution in [0.15, 0.2) is 0 Å². The average Bonchev–Trinajstić information content (AvgIpc) is 2.29. The average molecular weight is 246 g/mol. The molecule has 2 amide bonds. The second-order valence-corrected chi connectivity index (χ2v) is 3.88. The Hall–Kier alpha value is -1.30.